The molecule has 0 fully saturated rings. The van der Waals surface area contributed by atoms with E-state index in [1.54, 1.807) is 11.7 Å². The topological polar surface area (TPSA) is 105 Å². The largest absolute Gasteiger partial charge is 0.321 e. The number of carbonyl (C=O) groups excluding carboxylic acids is 2. The zero-order valence-corrected chi connectivity index (χ0v) is 14.9. The summed E-state index contributed by atoms with van der Waals surface area (Å²) >= 11 is 0. The van der Waals surface area contributed by atoms with Crippen LogP contribution in [0.5, 0.6) is 0 Å². The van der Waals surface area contributed by atoms with Gasteiger partial charge in [-0.15, -0.1) is 0 Å². The Kier molecular flexibility index (Phi) is 7.44. The molecule has 1 heterocycles. The van der Waals surface area contributed by atoms with Crippen molar-refractivity contribution >= 4 is 11.7 Å². The van der Waals surface area contributed by atoms with Crippen LogP contribution >= 0.6 is 0 Å². The van der Waals surface area contributed by atoms with Crippen LogP contribution < -0.4 is 11.2 Å². The van der Waals surface area contributed by atoms with Gasteiger partial charge < -0.3 is 5.73 Å². The lowest BCUT2D eigenvalue weighted by Gasteiger charge is -2.11. The molecule has 1 atom stereocenters. The maximum atomic E-state index is 12.3. The van der Waals surface area contributed by atoms with Crippen LogP contribution in [0.3, 0.4) is 0 Å². The zero-order chi connectivity index (χ0) is 18.9. The summed E-state index contributed by atoms with van der Waals surface area (Å²) in [7, 11) is 0. The highest BCUT2D eigenvalue weighted by molar-refractivity contribution is 5.86. The van der Waals surface area contributed by atoms with E-state index in [1.807, 2.05) is 43.3 Å². The summed E-state index contributed by atoms with van der Waals surface area (Å²) in [5.74, 6) is -0.399. The fourth-order valence-corrected chi connectivity index (χ4v) is 2.62. The van der Waals surface area contributed by atoms with E-state index in [-0.39, 0.29) is 18.1 Å². The quantitative estimate of drug-likeness (QED) is 0.471. The predicted molar refractivity (Wildman–Crippen MR) is 98.7 cm³/mol. The molecule has 0 aliphatic heterocycles. The highest BCUT2D eigenvalue weighted by Crippen LogP contribution is 2.10. The molecule has 138 valence electrons. The molecule has 0 bridgehead atoms. The summed E-state index contributed by atoms with van der Waals surface area (Å²) in [5.41, 5.74) is 11.5. The fraction of sp³-hybridized carbons (Fsp3) is 0.350. The Bertz CT molecular complexity index is 727. The molecule has 4 N–H and O–H groups in total. The molecule has 1 aromatic carbocycles. The number of nitrogens with one attached hydrogen (secondary N) is 1. The number of Topliss-reactive ketones (excluding diaryl/α,β-unsaturated/α-hetero) is 1. The van der Waals surface area contributed by atoms with E-state index in [1.165, 1.54) is 0 Å². The number of ketones is 1. The van der Waals surface area contributed by atoms with Crippen LogP contribution in [0.15, 0.2) is 42.6 Å². The smallest absolute Gasteiger partial charge is 0.243 e. The second kappa shape index (κ2) is 9.79. The molecule has 2 aromatic rings. The van der Waals surface area contributed by atoms with Gasteiger partial charge >= 0.3 is 0 Å². The number of aromatic nitrogens is 1. The van der Waals surface area contributed by atoms with Gasteiger partial charge in [0.25, 0.3) is 0 Å². The Morgan fingerprint density at radius 1 is 1.15 bits per heavy atom. The highest BCUT2D eigenvalue weighted by Gasteiger charge is 2.15. The molecule has 0 aliphatic rings. The van der Waals surface area contributed by atoms with Crippen LogP contribution in [0.1, 0.15) is 35.2 Å². The Balaban J connectivity index is 1.82. The van der Waals surface area contributed by atoms with Gasteiger partial charge in [-0.3, -0.25) is 19.8 Å². The number of nitrogens with two attached hydrogens (primary N) is 1. The van der Waals surface area contributed by atoms with Crippen molar-refractivity contribution in [3.05, 3.63) is 65.0 Å². The fourth-order valence-electron chi connectivity index (χ4n) is 2.62. The Labute approximate surface area is 153 Å². The maximum absolute atomic E-state index is 12.3. The molecule has 6 heteroatoms. The monoisotopic (exact) mass is 355 g/mol. The van der Waals surface area contributed by atoms with Gasteiger partial charge in [-0.05, 0) is 42.5 Å². The number of aryl methyl sites for hydroxylation is 2. The van der Waals surface area contributed by atoms with E-state index in [9.17, 15) is 9.59 Å². The van der Waals surface area contributed by atoms with E-state index < -0.39 is 6.04 Å². The summed E-state index contributed by atoms with van der Waals surface area (Å²) in [6, 6.07) is 11.0. The van der Waals surface area contributed by atoms with Crippen molar-refractivity contribution in [2.45, 2.75) is 45.1 Å². The van der Waals surface area contributed by atoms with Crippen LogP contribution in [-0.4, -0.2) is 27.9 Å². The third-order valence-corrected chi connectivity index (χ3v) is 4.21. The summed E-state index contributed by atoms with van der Waals surface area (Å²) in [6.07, 6.45) is 4.16. The van der Waals surface area contributed by atoms with Crippen LogP contribution in [0, 0.1) is 6.92 Å². The first-order valence-corrected chi connectivity index (χ1v) is 8.68. The highest BCUT2D eigenvalue weighted by atomic mass is 16.5. The van der Waals surface area contributed by atoms with Gasteiger partial charge in [-0.25, -0.2) is 5.48 Å². The van der Waals surface area contributed by atoms with Crippen molar-refractivity contribution in [3.63, 3.8) is 0 Å². The third kappa shape index (κ3) is 6.38. The minimum absolute atomic E-state index is 0.0141. The van der Waals surface area contributed by atoms with Crippen molar-refractivity contribution < 1.29 is 14.8 Å². The zero-order valence-electron chi connectivity index (χ0n) is 14.9. The minimum atomic E-state index is -0.568. The van der Waals surface area contributed by atoms with E-state index in [4.69, 9.17) is 10.9 Å². The lowest BCUT2D eigenvalue weighted by Crippen LogP contribution is -2.34. The van der Waals surface area contributed by atoms with E-state index in [2.05, 4.69) is 4.98 Å². The number of hydroxylamine groups is 1. The van der Waals surface area contributed by atoms with Gasteiger partial charge in [0.15, 0.2) is 5.78 Å². The van der Waals surface area contributed by atoms with Crippen LogP contribution in [0.4, 0.5) is 0 Å². The van der Waals surface area contributed by atoms with E-state index in [0.29, 0.717) is 19.3 Å². The second-order valence-electron chi connectivity index (χ2n) is 6.49. The maximum Gasteiger partial charge on any atom is 0.243 e. The van der Waals surface area contributed by atoms with Crippen molar-refractivity contribution in [1.82, 2.24) is 10.5 Å². The number of rotatable bonds is 9. The molecule has 6 nitrogen and oxygen atoms in total. The molecule has 1 aromatic heterocycles. The Hall–Kier alpha value is -2.57. The molecule has 26 heavy (non-hydrogen) atoms. The van der Waals surface area contributed by atoms with Crippen LogP contribution in [0.25, 0.3) is 0 Å². The van der Waals surface area contributed by atoms with Crippen molar-refractivity contribution in [1.29, 1.82) is 0 Å². The third-order valence-electron chi connectivity index (χ3n) is 4.21. The number of carbonyl (C=O) groups is 2. The number of amides is 1. The molecule has 0 spiro atoms. The summed E-state index contributed by atoms with van der Waals surface area (Å²) in [4.78, 5) is 27.6. The molecule has 0 saturated heterocycles. The molecule has 1 amide bonds. The van der Waals surface area contributed by atoms with Crippen LogP contribution in [-0.2, 0) is 28.9 Å². The summed E-state index contributed by atoms with van der Waals surface area (Å²) < 4.78 is 0. The average molecular weight is 355 g/mol. The number of nitrogens with zero attached hydrogens (tertiary/aromatic N) is 1. The van der Waals surface area contributed by atoms with Crippen LogP contribution in [0.2, 0.25) is 0 Å². The lowest BCUT2D eigenvalue weighted by molar-refractivity contribution is -0.129. The molecule has 0 radical (unpaired) electrons. The van der Waals surface area contributed by atoms with Crippen molar-refractivity contribution in [2.24, 2.45) is 5.73 Å². The average Bonchev–Trinajstić information content (AvgIpc) is 2.64. The molecular weight excluding hydrogens is 330 g/mol. The summed E-state index contributed by atoms with van der Waals surface area (Å²) in [5, 5.41) is 8.46. The van der Waals surface area contributed by atoms with Gasteiger partial charge in [0.05, 0.1) is 6.04 Å². The number of benzene rings is 1. The summed E-state index contributed by atoms with van der Waals surface area (Å²) in [6.45, 7) is 1.97. The standard InChI is InChI=1S/C20H25N3O3/c1-14-5-10-17(22-13-14)12-18(21)19(24)11-16-8-6-15(7-9-16)3-2-4-20(25)23-26/h5-10,13,18,26H,2-4,11-12,21H2,1H3,(H,23,25). The van der Waals surface area contributed by atoms with Gasteiger partial charge in [0, 0.05) is 31.2 Å². The van der Waals surface area contributed by atoms with Gasteiger partial charge in [0.2, 0.25) is 5.91 Å². The number of hydrogen-bond acceptors (Lipinski definition) is 5. The molecule has 1 unspecified atom stereocenters. The molecule has 0 saturated carbocycles. The minimum Gasteiger partial charge on any atom is -0.321 e. The number of pyridine rings is 1. The normalized spacial score (nSPS) is 11.8. The first-order chi connectivity index (χ1) is 12.5. The SMILES string of the molecule is Cc1ccc(CC(N)C(=O)Cc2ccc(CCCC(=O)NO)cc2)nc1. The molecule has 2 rings (SSSR count). The Morgan fingerprint density at radius 2 is 1.85 bits per heavy atom. The predicted octanol–water partition coefficient (Wildman–Crippen LogP) is 1.90. The lowest BCUT2D eigenvalue weighted by atomic mass is 9.99. The van der Waals surface area contributed by atoms with Gasteiger partial charge in [-0.1, -0.05) is 30.3 Å². The molecule has 0 aliphatic carbocycles. The van der Waals surface area contributed by atoms with Crippen molar-refractivity contribution in [2.75, 3.05) is 0 Å². The van der Waals surface area contributed by atoms with Gasteiger partial charge in [-0.2, -0.15) is 0 Å². The molecular formula is C20H25N3O3. The number of hydrogen-bond donors (Lipinski definition) is 3. The van der Waals surface area contributed by atoms with E-state index in [0.717, 1.165) is 28.8 Å². The second-order valence-corrected chi connectivity index (χ2v) is 6.49. The Morgan fingerprint density at radius 3 is 2.46 bits per heavy atom. The first-order valence-electron chi connectivity index (χ1n) is 8.68. The van der Waals surface area contributed by atoms with E-state index >= 15 is 0 Å². The first kappa shape index (κ1) is 19.8. The van der Waals surface area contributed by atoms with Crippen molar-refractivity contribution in [3.8, 4) is 0 Å². The van der Waals surface area contributed by atoms with Gasteiger partial charge in [0.1, 0.15) is 0 Å².